The van der Waals surface area contributed by atoms with Crippen LogP contribution in [0.15, 0.2) is 72.8 Å². The molecule has 6 heteroatoms. The second kappa shape index (κ2) is 14.5. The Kier molecular flexibility index (Phi) is 10.4. The van der Waals surface area contributed by atoms with Crippen molar-refractivity contribution in [3.8, 4) is 0 Å². The van der Waals surface area contributed by atoms with Gasteiger partial charge in [0, 0.05) is 18.4 Å². The van der Waals surface area contributed by atoms with Gasteiger partial charge in [-0.3, -0.25) is 14.5 Å². The first-order valence-corrected chi connectivity index (χ1v) is 21.2. The van der Waals surface area contributed by atoms with E-state index in [0.29, 0.717) is 66.9 Å². The SMILES string of the molecule is C=C(C)[C@@H]1CC[C@]2(C(=O)CCCN(CC(=O)O)Cc3ccccc3)CC[C@]3(C)[C@H](CC[C@@H]4[C@@]5(C)CC=C(c6ccc(C(=O)O)cc6)C(C)(C)[C@@H]5CC[C@]43C)[C@@H]12. The van der Waals surface area contributed by atoms with Gasteiger partial charge in [0.1, 0.15) is 5.78 Å². The molecule has 0 spiro atoms. The van der Waals surface area contributed by atoms with E-state index in [1.807, 2.05) is 47.4 Å². The standard InChI is InChI=1S/C49H65NO5/c1-32(2)36-21-26-49(41(51)14-11-29-50(31-42(52)53)30-33-12-9-8-10-13-33)28-27-47(6)38(43(36)49)19-20-40-46(5)24-22-37(34-15-17-35(18-16-34)44(54)55)45(3,4)39(46)23-25-48(40,47)7/h8-10,12-13,15-18,22,36,38-40,43H,1,11,14,19-21,23-31H2,2-7H3,(H,52,53)(H,54,55)/t36-,38+,39-,40+,43+,46-,47+,48+,49+/m0/s1. The Labute approximate surface area is 329 Å². The highest BCUT2D eigenvalue weighted by Gasteiger charge is 2.71. The van der Waals surface area contributed by atoms with Gasteiger partial charge in [0.05, 0.1) is 12.1 Å². The molecule has 2 aromatic rings. The van der Waals surface area contributed by atoms with Crippen molar-refractivity contribution in [2.45, 2.75) is 119 Å². The number of carbonyl (C=O) groups excluding carboxylic acids is 1. The van der Waals surface area contributed by atoms with Gasteiger partial charge < -0.3 is 10.2 Å². The van der Waals surface area contributed by atoms with Crippen LogP contribution in [-0.2, 0) is 16.1 Å². The van der Waals surface area contributed by atoms with Crippen molar-refractivity contribution in [3.63, 3.8) is 0 Å². The summed E-state index contributed by atoms with van der Waals surface area (Å²) < 4.78 is 0. The second-order valence-corrected chi connectivity index (χ2v) is 19.9. The van der Waals surface area contributed by atoms with E-state index in [2.05, 4.69) is 54.2 Å². The Balaban J connectivity index is 1.13. The fraction of sp³-hybridized carbons (Fsp3) is 0.612. The Morgan fingerprint density at radius 2 is 1.53 bits per heavy atom. The number of rotatable bonds is 12. The monoisotopic (exact) mass is 747 g/mol. The normalized spacial score (nSPS) is 36.1. The molecule has 0 aromatic heterocycles. The fourth-order valence-electron chi connectivity index (χ4n) is 14.5. The van der Waals surface area contributed by atoms with Crippen LogP contribution in [0.4, 0.5) is 0 Å². The lowest BCUT2D eigenvalue weighted by Crippen LogP contribution is -2.65. The first kappa shape index (κ1) is 39.7. The Morgan fingerprint density at radius 3 is 2.18 bits per heavy atom. The van der Waals surface area contributed by atoms with Crippen LogP contribution in [0, 0.1) is 56.7 Å². The van der Waals surface area contributed by atoms with Crippen LogP contribution in [0.2, 0.25) is 0 Å². The van der Waals surface area contributed by atoms with E-state index >= 15 is 0 Å². The largest absolute Gasteiger partial charge is 0.480 e. The minimum atomic E-state index is -0.887. The average molecular weight is 748 g/mol. The number of hydrogen-bond donors (Lipinski definition) is 2. The molecule has 4 fully saturated rings. The summed E-state index contributed by atoms with van der Waals surface area (Å²) in [5.41, 5.74) is 5.27. The third kappa shape index (κ3) is 6.47. The van der Waals surface area contributed by atoms with Gasteiger partial charge in [0.15, 0.2) is 0 Å². The first-order valence-electron chi connectivity index (χ1n) is 21.2. The van der Waals surface area contributed by atoms with Crippen molar-refractivity contribution < 1.29 is 24.6 Å². The van der Waals surface area contributed by atoms with Gasteiger partial charge in [0.25, 0.3) is 0 Å². The molecule has 0 aliphatic heterocycles. The summed E-state index contributed by atoms with van der Waals surface area (Å²) in [6.45, 7) is 20.6. The maximum absolute atomic E-state index is 14.8. The van der Waals surface area contributed by atoms with Crippen molar-refractivity contribution in [1.82, 2.24) is 4.90 Å². The van der Waals surface area contributed by atoms with E-state index in [1.165, 1.54) is 36.8 Å². The molecule has 4 saturated carbocycles. The summed E-state index contributed by atoms with van der Waals surface area (Å²) in [6, 6.07) is 17.5. The molecule has 0 bridgehead atoms. The number of aliphatic carboxylic acids is 1. The molecule has 2 N–H and O–H groups in total. The van der Waals surface area contributed by atoms with Crippen molar-refractivity contribution in [2.75, 3.05) is 13.1 Å². The molecule has 9 atom stereocenters. The van der Waals surface area contributed by atoms with E-state index in [9.17, 15) is 24.6 Å². The number of fused-ring (bicyclic) bond motifs is 7. The molecule has 6 nitrogen and oxygen atoms in total. The molecular formula is C49H65NO5. The second-order valence-electron chi connectivity index (χ2n) is 19.9. The molecule has 5 aliphatic rings. The summed E-state index contributed by atoms with van der Waals surface area (Å²) in [7, 11) is 0. The minimum Gasteiger partial charge on any atom is -0.480 e. The number of aromatic carboxylic acids is 1. The molecule has 0 heterocycles. The van der Waals surface area contributed by atoms with Crippen LogP contribution < -0.4 is 0 Å². The highest BCUT2D eigenvalue weighted by atomic mass is 16.4. The highest BCUT2D eigenvalue weighted by Crippen LogP contribution is 2.78. The lowest BCUT2D eigenvalue weighted by Gasteiger charge is -2.72. The molecule has 0 saturated heterocycles. The van der Waals surface area contributed by atoms with Gasteiger partial charge >= 0.3 is 11.9 Å². The van der Waals surface area contributed by atoms with Gasteiger partial charge in [-0.25, -0.2) is 4.79 Å². The van der Waals surface area contributed by atoms with Crippen LogP contribution in [0.25, 0.3) is 5.57 Å². The van der Waals surface area contributed by atoms with E-state index in [0.717, 1.165) is 43.2 Å². The predicted octanol–water partition coefficient (Wildman–Crippen LogP) is 11.0. The molecule has 55 heavy (non-hydrogen) atoms. The van der Waals surface area contributed by atoms with Gasteiger partial charge in [-0.15, -0.1) is 0 Å². The topological polar surface area (TPSA) is 94.9 Å². The number of nitrogens with zero attached hydrogens (tertiary/aromatic N) is 1. The summed E-state index contributed by atoms with van der Waals surface area (Å²) in [4.78, 5) is 40.1. The number of allylic oxidation sites excluding steroid dienone is 3. The maximum atomic E-state index is 14.8. The highest BCUT2D eigenvalue weighted by molar-refractivity contribution is 5.88. The van der Waals surface area contributed by atoms with Gasteiger partial charge in [-0.05, 0) is 158 Å². The zero-order valence-corrected chi connectivity index (χ0v) is 34.3. The van der Waals surface area contributed by atoms with E-state index in [-0.39, 0.29) is 33.6 Å². The lowest BCUT2D eigenvalue weighted by atomic mass is 9.32. The molecule has 5 aliphatic carbocycles. The lowest BCUT2D eigenvalue weighted by molar-refractivity contribution is -0.224. The molecule has 296 valence electrons. The molecule has 7 rings (SSSR count). The number of Topliss-reactive ketones (excluding diaryl/α,β-unsaturated/α-hetero) is 1. The third-order valence-electron chi connectivity index (χ3n) is 17.1. The third-order valence-corrected chi connectivity index (χ3v) is 17.1. The number of carboxylic acids is 2. The number of carboxylic acid groups (broad SMARTS) is 2. The Hall–Kier alpha value is -3.51. The smallest absolute Gasteiger partial charge is 0.335 e. The van der Waals surface area contributed by atoms with Crippen LogP contribution >= 0.6 is 0 Å². The summed E-state index contributed by atoms with van der Waals surface area (Å²) in [6.07, 6.45) is 13.5. The van der Waals surface area contributed by atoms with Gasteiger partial charge in [0.2, 0.25) is 0 Å². The number of benzene rings is 2. The fourth-order valence-corrected chi connectivity index (χ4v) is 14.5. The number of ketones is 1. The van der Waals surface area contributed by atoms with Crippen LogP contribution in [0.5, 0.6) is 0 Å². The van der Waals surface area contributed by atoms with Crippen molar-refractivity contribution in [2.24, 2.45) is 56.7 Å². The predicted molar refractivity (Wildman–Crippen MR) is 219 cm³/mol. The average Bonchev–Trinajstić information content (AvgIpc) is 3.53. The maximum Gasteiger partial charge on any atom is 0.335 e. The molecule has 0 unspecified atom stereocenters. The van der Waals surface area contributed by atoms with Crippen LogP contribution in [-0.4, -0.2) is 45.9 Å². The van der Waals surface area contributed by atoms with Gasteiger partial charge in [-0.2, -0.15) is 0 Å². The quantitative estimate of drug-likeness (QED) is 0.210. The summed E-state index contributed by atoms with van der Waals surface area (Å²) in [5, 5.41) is 19.2. The zero-order chi connectivity index (χ0) is 39.6. The van der Waals surface area contributed by atoms with E-state index in [1.54, 1.807) is 12.1 Å². The number of hydrogen-bond acceptors (Lipinski definition) is 4. The molecular weight excluding hydrogens is 683 g/mol. The molecule has 2 aromatic carbocycles. The molecule has 0 radical (unpaired) electrons. The van der Waals surface area contributed by atoms with Crippen LogP contribution in [0.1, 0.15) is 134 Å². The summed E-state index contributed by atoms with van der Waals surface area (Å²) >= 11 is 0. The summed E-state index contributed by atoms with van der Waals surface area (Å²) in [5.74, 6) is 0.984. The van der Waals surface area contributed by atoms with Crippen molar-refractivity contribution in [1.29, 1.82) is 0 Å². The van der Waals surface area contributed by atoms with Crippen molar-refractivity contribution in [3.05, 3.63) is 89.5 Å². The van der Waals surface area contributed by atoms with E-state index < -0.39 is 11.9 Å². The van der Waals surface area contributed by atoms with Gasteiger partial charge in [-0.1, -0.05) is 95.3 Å². The first-order chi connectivity index (χ1) is 26.0. The Bertz CT molecular complexity index is 1850. The Morgan fingerprint density at radius 1 is 0.818 bits per heavy atom. The van der Waals surface area contributed by atoms with E-state index in [4.69, 9.17) is 0 Å². The minimum absolute atomic E-state index is 0.0251. The zero-order valence-electron chi connectivity index (χ0n) is 34.3. The number of carbonyl (C=O) groups is 3. The van der Waals surface area contributed by atoms with Crippen LogP contribution in [0.3, 0.4) is 0 Å². The van der Waals surface area contributed by atoms with Crippen molar-refractivity contribution >= 4 is 23.3 Å². The molecule has 0 amide bonds.